The summed E-state index contributed by atoms with van der Waals surface area (Å²) in [6.45, 7) is 6.38. The molecule has 0 radical (unpaired) electrons. The molecule has 2 aliphatic rings. The van der Waals surface area contributed by atoms with E-state index in [1.54, 1.807) is 53.2 Å². The Morgan fingerprint density at radius 1 is 1.02 bits per heavy atom. The topological polar surface area (TPSA) is 78.9 Å². The van der Waals surface area contributed by atoms with E-state index < -0.39 is 0 Å². The van der Waals surface area contributed by atoms with Crippen molar-refractivity contribution in [2.24, 2.45) is 0 Å². The highest BCUT2D eigenvalue weighted by molar-refractivity contribution is 5.82. The minimum absolute atomic E-state index is 0.336. The highest BCUT2D eigenvalue weighted by Crippen LogP contribution is 2.36. The molecule has 6 rings (SSSR count). The molecule has 4 heterocycles. The van der Waals surface area contributed by atoms with Crippen molar-refractivity contribution in [3.8, 4) is 34.5 Å². The van der Waals surface area contributed by atoms with Gasteiger partial charge in [0.1, 0.15) is 5.82 Å². The van der Waals surface area contributed by atoms with Crippen LogP contribution < -0.4 is 4.74 Å². The van der Waals surface area contributed by atoms with E-state index in [4.69, 9.17) is 14.7 Å². The molecule has 208 valence electrons. The van der Waals surface area contributed by atoms with E-state index in [1.807, 2.05) is 6.07 Å². The van der Waals surface area contributed by atoms with E-state index in [2.05, 4.69) is 32.9 Å². The Labute approximate surface area is 234 Å². The van der Waals surface area contributed by atoms with Crippen LogP contribution >= 0.6 is 0 Å². The Balaban J connectivity index is 0.000000403. The quantitative estimate of drug-likeness (QED) is 0.351. The van der Waals surface area contributed by atoms with Crippen molar-refractivity contribution in [2.45, 2.75) is 25.8 Å². The molecule has 2 aliphatic heterocycles. The zero-order valence-corrected chi connectivity index (χ0v) is 23.1. The number of imidazole rings is 1. The summed E-state index contributed by atoms with van der Waals surface area (Å²) in [6, 6.07) is 14.5. The van der Waals surface area contributed by atoms with Crippen LogP contribution in [0.3, 0.4) is 0 Å². The maximum Gasteiger partial charge on any atom is 0.258 e. The molecular formula is C31H35FN6O2. The third-order valence-electron chi connectivity index (χ3n) is 7.37. The fourth-order valence-corrected chi connectivity index (χ4v) is 5.18. The lowest BCUT2D eigenvalue weighted by atomic mass is 10.0. The van der Waals surface area contributed by atoms with Crippen molar-refractivity contribution < 1.29 is 13.9 Å². The van der Waals surface area contributed by atoms with Gasteiger partial charge in [-0.2, -0.15) is 5.26 Å². The monoisotopic (exact) mass is 542 g/mol. The molecule has 4 aromatic rings. The third-order valence-corrected chi connectivity index (χ3v) is 7.37. The summed E-state index contributed by atoms with van der Waals surface area (Å²) in [5, 5.41) is 9.15. The van der Waals surface area contributed by atoms with Gasteiger partial charge in [-0.15, -0.1) is 0 Å². The van der Waals surface area contributed by atoms with Gasteiger partial charge in [0, 0.05) is 43.2 Å². The Hall–Kier alpha value is -3.84. The van der Waals surface area contributed by atoms with Crippen LogP contribution in [0, 0.1) is 17.1 Å². The molecule has 40 heavy (non-hydrogen) atoms. The van der Waals surface area contributed by atoms with Gasteiger partial charge in [0.05, 0.1) is 43.3 Å². The van der Waals surface area contributed by atoms with E-state index in [-0.39, 0.29) is 5.82 Å². The number of rotatable bonds is 5. The van der Waals surface area contributed by atoms with E-state index >= 15 is 4.39 Å². The van der Waals surface area contributed by atoms with Gasteiger partial charge in [-0.05, 0) is 62.8 Å². The number of likely N-dealkylation sites (tertiary alicyclic amines) is 1. The summed E-state index contributed by atoms with van der Waals surface area (Å²) in [4.78, 5) is 13.7. The number of halogens is 1. The minimum Gasteiger partial charge on any atom is -0.478 e. The Morgan fingerprint density at radius 2 is 1.77 bits per heavy atom. The van der Waals surface area contributed by atoms with Crippen molar-refractivity contribution in [1.82, 2.24) is 24.2 Å². The highest BCUT2D eigenvalue weighted by Gasteiger charge is 2.21. The fraction of sp³-hybridized carbons (Fsp3) is 0.387. The van der Waals surface area contributed by atoms with Gasteiger partial charge in [-0.25, -0.2) is 14.4 Å². The Kier molecular flexibility index (Phi) is 9.01. The van der Waals surface area contributed by atoms with Crippen molar-refractivity contribution in [3.63, 3.8) is 0 Å². The second-order valence-corrected chi connectivity index (χ2v) is 10.2. The molecule has 0 amide bonds. The van der Waals surface area contributed by atoms with Crippen LogP contribution in [-0.4, -0.2) is 77.7 Å². The standard InChI is InChI=1S/C25H22FN5O2.C6H13N/c1-32-25-24-28-8-9-31(24)23(22(29-25)19-5-2-17(15-27)3-6-19)20-7-4-18(14-21(20)26)16-30-10-12-33-13-11-30;1-7-5-3-2-4-6-7/h2-9,14H,10-13,16H2,1H3;2-6H2,1H3. The molecule has 9 heteroatoms. The van der Waals surface area contributed by atoms with Gasteiger partial charge >= 0.3 is 0 Å². The molecule has 2 aromatic heterocycles. The molecule has 2 fully saturated rings. The van der Waals surface area contributed by atoms with E-state index in [9.17, 15) is 0 Å². The van der Waals surface area contributed by atoms with Crippen LogP contribution in [0.2, 0.25) is 0 Å². The average Bonchev–Trinajstić information content (AvgIpc) is 3.48. The molecule has 0 bridgehead atoms. The molecule has 8 nitrogen and oxygen atoms in total. The first-order chi connectivity index (χ1) is 19.6. The number of ether oxygens (including phenoxy) is 2. The highest BCUT2D eigenvalue weighted by atomic mass is 19.1. The third kappa shape index (κ3) is 6.31. The summed E-state index contributed by atoms with van der Waals surface area (Å²) in [6.07, 6.45) is 7.68. The van der Waals surface area contributed by atoms with Gasteiger partial charge in [0.25, 0.3) is 5.88 Å². The Morgan fingerprint density at radius 3 is 2.40 bits per heavy atom. The zero-order valence-electron chi connectivity index (χ0n) is 23.1. The average molecular weight is 543 g/mol. The molecule has 0 aliphatic carbocycles. The Bertz CT molecular complexity index is 1470. The molecule has 0 spiro atoms. The number of piperidine rings is 1. The maximum atomic E-state index is 15.5. The predicted molar refractivity (Wildman–Crippen MR) is 153 cm³/mol. The zero-order chi connectivity index (χ0) is 27.9. The van der Waals surface area contributed by atoms with Gasteiger partial charge in [0.15, 0.2) is 0 Å². The maximum absolute atomic E-state index is 15.5. The predicted octanol–water partition coefficient (Wildman–Crippen LogP) is 5.02. The van der Waals surface area contributed by atoms with Crippen molar-refractivity contribution in [2.75, 3.05) is 53.6 Å². The number of methoxy groups -OCH3 is 1. The van der Waals surface area contributed by atoms with Gasteiger partial charge in [-0.3, -0.25) is 9.30 Å². The number of hydrogen-bond acceptors (Lipinski definition) is 7. The number of hydrogen-bond donors (Lipinski definition) is 0. The van der Waals surface area contributed by atoms with Crippen LogP contribution in [0.25, 0.3) is 28.2 Å². The lowest BCUT2D eigenvalue weighted by Crippen LogP contribution is -2.35. The lowest BCUT2D eigenvalue weighted by molar-refractivity contribution is 0.0341. The molecular weight excluding hydrogens is 507 g/mol. The number of nitrogens with zero attached hydrogens (tertiary/aromatic N) is 6. The lowest BCUT2D eigenvalue weighted by Gasteiger charge is -2.26. The molecule has 0 saturated carbocycles. The first-order valence-electron chi connectivity index (χ1n) is 13.8. The number of benzene rings is 2. The number of morpholine rings is 1. The van der Waals surface area contributed by atoms with Gasteiger partial charge in [-0.1, -0.05) is 24.6 Å². The summed E-state index contributed by atoms with van der Waals surface area (Å²) < 4.78 is 28.2. The smallest absolute Gasteiger partial charge is 0.258 e. The van der Waals surface area contributed by atoms with Crippen LogP contribution in [0.15, 0.2) is 54.9 Å². The minimum atomic E-state index is -0.336. The molecule has 2 saturated heterocycles. The summed E-state index contributed by atoms with van der Waals surface area (Å²) in [7, 11) is 3.72. The van der Waals surface area contributed by atoms with Crippen LogP contribution in [-0.2, 0) is 11.3 Å². The van der Waals surface area contributed by atoms with Crippen molar-refractivity contribution >= 4 is 5.65 Å². The summed E-state index contributed by atoms with van der Waals surface area (Å²) >= 11 is 0. The summed E-state index contributed by atoms with van der Waals surface area (Å²) in [5.74, 6) is 0.00470. The normalized spacial score (nSPS) is 16.2. The first kappa shape index (κ1) is 27.7. The van der Waals surface area contributed by atoms with E-state index in [0.29, 0.717) is 53.8 Å². The van der Waals surface area contributed by atoms with E-state index in [1.165, 1.54) is 39.5 Å². The largest absolute Gasteiger partial charge is 0.478 e. The number of nitriles is 1. The number of fused-ring (bicyclic) bond motifs is 1. The molecule has 0 atom stereocenters. The number of aromatic nitrogens is 3. The first-order valence-corrected chi connectivity index (χ1v) is 13.8. The second kappa shape index (κ2) is 13.0. The van der Waals surface area contributed by atoms with Crippen LogP contribution in [0.5, 0.6) is 5.88 Å². The SMILES string of the molecule is CN1CCCCC1.COc1nc(-c2ccc(C#N)cc2)c(-c2ccc(CN3CCOCC3)cc2F)n2ccnc12. The van der Waals surface area contributed by atoms with Gasteiger partial charge in [0.2, 0.25) is 5.65 Å². The van der Waals surface area contributed by atoms with Crippen molar-refractivity contribution in [3.05, 3.63) is 71.8 Å². The van der Waals surface area contributed by atoms with Crippen molar-refractivity contribution in [1.29, 1.82) is 5.26 Å². The van der Waals surface area contributed by atoms with Crippen LogP contribution in [0.4, 0.5) is 4.39 Å². The molecule has 0 unspecified atom stereocenters. The second-order valence-electron chi connectivity index (χ2n) is 10.2. The molecule has 2 aromatic carbocycles. The fourth-order valence-electron chi connectivity index (χ4n) is 5.18. The van der Waals surface area contributed by atoms with Gasteiger partial charge < -0.3 is 14.4 Å². The van der Waals surface area contributed by atoms with Crippen LogP contribution in [0.1, 0.15) is 30.4 Å². The van der Waals surface area contributed by atoms with E-state index in [0.717, 1.165) is 24.2 Å². The molecule has 0 N–H and O–H groups in total. The summed E-state index contributed by atoms with van der Waals surface area (Å²) in [5.41, 5.74) is 4.22.